The highest BCUT2D eigenvalue weighted by Crippen LogP contribution is 2.59. The maximum Gasteiger partial charge on any atom is 0.247 e. The van der Waals surface area contributed by atoms with Crippen LogP contribution in [0.3, 0.4) is 0 Å². The summed E-state index contributed by atoms with van der Waals surface area (Å²) in [5.41, 5.74) is 16.0. The van der Waals surface area contributed by atoms with E-state index in [1.165, 1.54) is 0 Å². The van der Waals surface area contributed by atoms with Crippen molar-refractivity contribution in [3.8, 4) is 67.1 Å². The molecule has 3 aliphatic heterocycles. The number of para-hydroxylation sites is 3. The van der Waals surface area contributed by atoms with Crippen LogP contribution in [0.4, 0.5) is 17.1 Å². The van der Waals surface area contributed by atoms with Crippen LogP contribution in [-0.4, -0.2) is 6.71 Å². The number of hydrogen-bond donors (Lipinski definition) is 0. The highest BCUT2D eigenvalue weighted by Gasteiger charge is 2.55. The zero-order valence-corrected chi connectivity index (χ0v) is 44.4. The molecule has 1 spiro atoms. The summed E-state index contributed by atoms with van der Waals surface area (Å²) in [4.78, 5) is 2.37. The van der Waals surface area contributed by atoms with E-state index in [1.807, 2.05) is 97.1 Å². The summed E-state index contributed by atoms with van der Waals surface area (Å²) < 4.78 is 97.7. The van der Waals surface area contributed by atoms with Crippen LogP contribution in [-0.2, 0) is 16.2 Å². The molecule has 0 atom stereocenters. The maximum absolute atomic E-state index is 9.42. The second-order valence-electron chi connectivity index (χ2n) is 22.9. The fraction of sp³-hybridized carbons (Fsp3) is 0.120. The highest BCUT2D eigenvalue weighted by molar-refractivity contribution is 6.99. The molecule has 0 saturated heterocycles. The molecule has 0 unspecified atom stereocenters. The Kier molecular flexibility index (Phi) is 8.77. The first-order valence-electron chi connectivity index (χ1n) is 31.8. The summed E-state index contributed by atoms with van der Waals surface area (Å²) in [6.07, 6.45) is 0. The average Bonchev–Trinajstić information content (AvgIpc) is 0.697. The molecule has 0 aliphatic carbocycles. The zero-order chi connectivity index (χ0) is 61.6. The van der Waals surface area contributed by atoms with Crippen LogP contribution in [0.15, 0.2) is 255 Å². The Balaban J connectivity index is 1.23. The lowest BCUT2D eigenvalue weighted by Gasteiger charge is -2.50. The second-order valence-corrected chi connectivity index (χ2v) is 22.9. The number of fused-ring (bicyclic) bond motifs is 10. The highest BCUT2D eigenvalue weighted by atomic mass is 16.5. The van der Waals surface area contributed by atoms with E-state index < -0.39 is 48.4 Å². The first-order valence-corrected chi connectivity index (χ1v) is 26.8. The maximum atomic E-state index is 9.42. The van der Waals surface area contributed by atoms with Gasteiger partial charge in [0.15, 0.2) is 0 Å². The third-order valence-electron chi connectivity index (χ3n) is 16.2. The minimum Gasteiger partial charge on any atom is -0.457 e. The number of hydrogen-bond acceptors (Lipinski definition) is 2. The lowest BCUT2D eigenvalue weighted by atomic mass is 9.29. The smallest absolute Gasteiger partial charge is 0.247 e. The van der Waals surface area contributed by atoms with Crippen molar-refractivity contribution in [2.45, 2.75) is 57.8 Å². The van der Waals surface area contributed by atoms with Crippen molar-refractivity contribution in [2.75, 3.05) is 4.90 Å². The molecule has 78 heavy (non-hydrogen) atoms. The topological polar surface area (TPSA) is 12.5 Å². The molecular weight excluding hydrogens is 942 g/mol. The minimum absolute atomic E-state index is 0.0731. The third-order valence-corrected chi connectivity index (χ3v) is 16.2. The molecule has 11 aromatic carbocycles. The van der Waals surface area contributed by atoms with Gasteiger partial charge in [-0.15, -0.1) is 0 Å². The molecule has 14 rings (SSSR count). The fourth-order valence-electron chi connectivity index (χ4n) is 12.5. The van der Waals surface area contributed by atoms with Crippen molar-refractivity contribution in [1.82, 2.24) is 0 Å². The SMILES string of the molecule is [2H]c1c([2H])c([2H])c(-c2ccc3c(c2)N(c2c(-c4ccccc4)cccc2-c2ccccc2)c2cc(-c4cc(C(C)(C)C)cc(C(C)(C)C)c4)cc4c2B3c2ccc(-c3c([2H])c([2H])c([2H])c([2H])c3[2H])cc2C42c3ccccc3Oc3ccccc32)c([2H])c1[2H]. The van der Waals surface area contributed by atoms with Crippen molar-refractivity contribution in [2.24, 2.45) is 0 Å². The minimum atomic E-state index is -1.22. The largest absolute Gasteiger partial charge is 0.457 e. The van der Waals surface area contributed by atoms with E-state index in [1.54, 1.807) is 0 Å². The standard InChI is InChI=1S/C75H60BNO/c1-73(2,3)57-42-55(43-58(48-57)74(4,5)6)56-45-64-71-68(47-56)77(72-59(51-28-15-9-16-29-51)32-23-33-60(72)52-30-17-10-18-31-52)67-46-54(50-26-13-8-14-27-50)39-41-66(67)76(71)65-40-38-53(49-24-11-7-12-25-49)44-63(65)75(64)61-34-19-21-36-69(61)78-70-37-22-20-35-62(70)75/h7-48H,1-6H3/i7D,8D,11D,12D,13D,14D,24D,25D,26D,27D. The van der Waals surface area contributed by atoms with Gasteiger partial charge in [0.25, 0.3) is 0 Å². The van der Waals surface area contributed by atoms with Gasteiger partial charge in [-0.25, -0.2) is 0 Å². The van der Waals surface area contributed by atoms with Crippen molar-refractivity contribution >= 4 is 40.2 Å². The molecule has 3 heteroatoms. The molecule has 0 bridgehead atoms. The lowest BCUT2D eigenvalue weighted by molar-refractivity contribution is 0.435. The van der Waals surface area contributed by atoms with Gasteiger partial charge in [0.2, 0.25) is 6.71 Å². The monoisotopic (exact) mass is 1010 g/mol. The summed E-state index contributed by atoms with van der Waals surface area (Å²) in [6, 6.07) is 63.0. The molecule has 0 saturated carbocycles. The Morgan fingerprint density at radius 3 is 1.41 bits per heavy atom. The van der Waals surface area contributed by atoms with Crippen LogP contribution < -0.4 is 26.0 Å². The van der Waals surface area contributed by atoms with Gasteiger partial charge in [-0.2, -0.15) is 0 Å². The number of benzene rings is 11. The summed E-state index contributed by atoms with van der Waals surface area (Å²) in [6.45, 7) is 12.9. The van der Waals surface area contributed by atoms with E-state index >= 15 is 0 Å². The molecule has 0 N–H and O–H groups in total. The van der Waals surface area contributed by atoms with Gasteiger partial charge >= 0.3 is 0 Å². The van der Waals surface area contributed by atoms with E-state index in [2.05, 4.69) is 144 Å². The average molecular weight is 1010 g/mol. The molecule has 0 radical (unpaired) electrons. The van der Waals surface area contributed by atoms with Gasteiger partial charge in [-0.05, 0) is 119 Å². The summed E-state index contributed by atoms with van der Waals surface area (Å²) in [5.74, 6) is 1.28. The lowest BCUT2D eigenvalue weighted by Crippen LogP contribution is -2.65. The summed E-state index contributed by atoms with van der Waals surface area (Å²) in [7, 11) is 0. The molecule has 3 aliphatic rings. The van der Waals surface area contributed by atoms with Crippen LogP contribution in [0.1, 0.15) is 88.6 Å². The van der Waals surface area contributed by atoms with Gasteiger partial charge in [0.1, 0.15) is 11.5 Å². The molecule has 11 aromatic rings. The van der Waals surface area contributed by atoms with Gasteiger partial charge in [0, 0.05) is 33.6 Å². The first-order chi connectivity index (χ1) is 42.1. The second kappa shape index (κ2) is 18.1. The van der Waals surface area contributed by atoms with Gasteiger partial charge in [-0.1, -0.05) is 271 Å². The van der Waals surface area contributed by atoms with E-state index in [4.69, 9.17) is 13.0 Å². The molecule has 374 valence electrons. The van der Waals surface area contributed by atoms with Crippen LogP contribution in [0.5, 0.6) is 11.5 Å². The van der Waals surface area contributed by atoms with Crippen LogP contribution in [0.2, 0.25) is 0 Å². The van der Waals surface area contributed by atoms with Crippen molar-refractivity contribution in [1.29, 1.82) is 0 Å². The van der Waals surface area contributed by atoms with E-state index in [0.29, 0.717) is 28.3 Å². The quantitative estimate of drug-likeness (QED) is 0.154. The third kappa shape index (κ3) is 7.54. The van der Waals surface area contributed by atoms with E-state index in [9.17, 15) is 5.48 Å². The molecule has 2 nitrogen and oxygen atoms in total. The van der Waals surface area contributed by atoms with E-state index in [0.717, 1.165) is 94.5 Å². The Hall–Kier alpha value is -8.92. The number of ether oxygens (including phenoxy) is 1. The van der Waals surface area contributed by atoms with E-state index in [-0.39, 0.29) is 46.1 Å². The Bertz CT molecular complexity index is 4570. The Morgan fingerprint density at radius 2 is 0.859 bits per heavy atom. The van der Waals surface area contributed by atoms with Crippen molar-refractivity contribution in [3.05, 3.63) is 288 Å². The Morgan fingerprint density at radius 1 is 0.385 bits per heavy atom. The van der Waals surface area contributed by atoms with Crippen molar-refractivity contribution in [3.63, 3.8) is 0 Å². The number of rotatable bonds is 6. The molecule has 3 heterocycles. The molecule has 0 aromatic heterocycles. The number of nitrogens with zero attached hydrogens (tertiary/aromatic N) is 1. The van der Waals surface area contributed by atoms with Crippen LogP contribution >= 0.6 is 0 Å². The molecule has 0 amide bonds. The number of anilines is 3. The van der Waals surface area contributed by atoms with Crippen molar-refractivity contribution < 1.29 is 18.4 Å². The predicted molar refractivity (Wildman–Crippen MR) is 329 cm³/mol. The summed E-state index contributed by atoms with van der Waals surface area (Å²) in [5, 5.41) is 0. The zero-order valence-electron chi connectivity index (χ0n) is 54.4. The van der Waals surface area contributed by atoms with Crippen LogP contribution in [0, 0.1) is 0 Å². The predicted octanol–water partition coefficient (Wildman–Crippen LogP) is 17.7. The van der Waals surface area contributed by atoms with Gasteiger partial charge in [0.05, 0.1) is 24.8 Å². The summed E-state index contributed by atoms with van der Waals surface area (Å²) >= 11 is 0. The van der Waals surface area contributed by atoms with Gasteiger partial charge in [-0.3, -0.25) is 0 Å². The molecule has 0 fully saturated rings. The Labute approximate surface area is 474 Å². The van der Waals surface area contributed by atoms with Gasteiger partial charge < -0.3 is 9.64 Å². The first kappa shape index (κ1) is 37.8. The van der Waals surface area contributed by atoms with Crippen LogP contribution in [0.25, 0.3) is 55.6 Å². The fourth-order valence-corrected chi connectivity index (χ4v) is 12.5. The molecular formula is C75H60BNO. The normalized spacial score (nSPS) is 15.5.